The van der Waals surface area contributed by atoms with E-state index in [1.807, 2.05) is 25.1 Å². The number of carbonyl (C=O) groups is 2. The standard InChI is InChI=1S/C15H15N3O2/c1-9(19)11-5-3-10(4-6-11)7-12-8-16-13-14(20)17-18-15(12,13)2/h3-7,18H,8H2,1-2H3,(H,17,20)/b12-7-. The first kappa shape index (κ1) is 12.7. The first-order chi connectivity index (χ1) is 9.50. The van der Waals surface area contributed by atoms with Crippen LogP contribution in [0, 0.1) is 0 Å². The van der Waals surface area contributed by atoms with Crippen molar-refractivity contribution < 1.29 is 9.59 Å². The quantitative estimate of drug-likeness (QED) is 0.790. The maximum absolute atomic E-state index is 11.6. The molecule has 20 heavy (non-hydrogen) atoms. The second kappa shape index (κ2) is 4.38. The number of carbonyl (C=O) groups excluding carboxylic acids is 2. The summed E-state index contributed by atoms with van der Waals surface area (Å²) in [6.07, 6.45) is 2.01. The maximum Gasteiger partial charge on any atom is 0.281 e. The van der Waals surface area contributed by atoms with Crippen molar-refractivity contribution in [3.05, 3.63) is 41.0 Å². The van der Waals surface area contributed by atoms with Crippen LogP contribution in [0.3, 0.4) is 0 Å². The Bertz CT molecular complexity index is 658. The highest BCUT2D eigenvalue weighted by Gasteiger charge is 2.47. The average Bonchev–Trinajstić information content (AvgIpc) is 2.89. The number of hydrogen-bond donors (Lipinski definition) is 2. The summed E-state index contributed by atoms with van der Waals surface area (Å²) >= 11 is 0. The number of ketones is 1. The minimum Gasteiger partial charge on any atom is -0.295 e. The van der Waals surface area contributed by atoms with E-state index in [2.05, 4.69) is 15.8 Å². The molecule has 2 N–H and O–H groups in total. The van der Waals surface area contributed by atoms with Gasteiger partial charge in [-0.05, 0) is 25.0 Å². The molecule has 1 fully saturated rings. The second-order valence-electron chi connectivity index (χ2n) is 5.22. The molecular weight excluding hydrogens is 254 g/mol. The number of hydrogen-bond acceptors (Lipinski definition) is 4. The number of rotatable bonds is 2. The van der Waals surface area contributed by atoms with Crippen LogP contribution in [0.5, 0.6) is 0 Å². The van der Waals surface area contributed by atoms with Gasteiger partial charge in [0.25, 0.3) is 5.91 Å². The first-order valence-electron chi connectivity index (χ1n) is 6.45. The van der Waals surface area contributed by atoms with Gasteiger partial charge in [-0.2, -0.15) is 0 Å². The average molecular weight is 269 g/mol. The summed E-state index contributed by atoms with van der Waals surface area (Å²) < 4.78 is 0. The molecule has 0 radical (unpaired) electrons. The van der Waals surface area contributed by atoms with E-state index >= 15 is 0 Å². The van der Waals surface area contributed by atoms with E-state index in [0.717, 1.165) is 11.1 Å². The zero-order valence-electron chi connectivity index (χ0n) is 11.4. The number of aliphatic imine (C=N–C) groups is 1. The molecule has 1 aromatic carbocycles. The van der Waals surface area contributed by atoms with Gasteiger partial charge in [0.2, 0.25) is 0 Å². The highest BCUT2D eigenvalue weighted by molar-refractivity contribution is 6.45. The van der Waals surface area contributed by atoms with Gasteiger partial charge in [0.1, 0.15) is 11.3 Å². The lowest BCUT2D eigenvalue weighted by Crippen LogP contribution is -2.44. The Hall–Kier alpha value is -2.27. The van der Waals surface area contributed by atoms with E-state index in [0.29, 0.717) is 17.8 Å². The minimum absolute atomic E-state index is 0.0508. The Morgan fingerprint density at radius 2 is 2.05 bits per heavy atom. The smallest absolute Gasteiger partial charge is 0.281 e. The van der Waals surface area contributed by atoms with Gasteiger partial charge >= 0.3 is 0 Å². The first-order valence-corrected chi connectivity index (χ1v) is 6.45. The lowest BCUT2D eigenvalue weighted by Gasteiger charge is -2.20. The molecule has 1 atom stereocenters. The van der Waals surface area contributed by atoms with Gasteiger partial charge in [-0.15, -0.1) is 0 Å². The monoisotopic (exact) mass is 269 g/mol. The van der Waals surface area contributed by atoms with Crippen molar-refractivity contribution in [2.45, 2.75) is 19.4 Å². The number of fused-ring (bicyclic) bond motifs is 1. The van der Waals surface area contributed by atoms with Crippen LogP contribution in [0.2, 0.25) is 0 Å². The summed E-state index contributed by atoms with van der Waals surface area (Å²) in [4.78, 5) is 27.2. The molecule has 2 heterocycles. The van der Waals surface area contributed by atoms with E-state index in [1.165, 1.54) is 0 Å². The summed E-state index contributed by atoms with van der Waals surface area (Å²) in [5.41, 5.74) is 8.30. The van der Waals surface area contributed by atoms with E-state index in [-0.39, 0.29) is 11.7 Å². The number of amides is 1. The van der Waals surface area contributed by atoms with Crippen LogP contribution >= 0.6 is 0 Å². The summed E-state index contributed by atoms with van der Waals surface area (Å²) in [7, 11) is 0. The lowest BCUT2D eigenvalue weighted by atomic mass is 9.89. The third-order valence-electron chi connectivity index (χ3n) is 3.82. The molecule has 102 valence electrons. The minimum atomic E-state index is -0.531. The normalized spacial score (nSPS) is 26.4. The number of nitrogens with one attached hydrogen (secondary N) is 2. The van der Waals surface area contributed by atoms with Crippen LogP contribution in [-0.4, -0.2) is 29.5 Å². The molecule has 0 saturated carbocycles. The molecule has 2 aliphatic rings. The predicted molar refractivity (Wildman–Crippen MR) is 76.4 cm³/mol. The summed E-state index contributed by atoms with van der Waals surface area (Å²) in [6, 6.07) is 7.41. The molecule has 5 nitrogen and oxygen atoms in total. The molecule has 0 aliphatic carbocycles. The molecule has 3 rings (SSSR count). The third-order valence-corrected chi connectivity index (χ3v) is 3.82. The van der Waals surface area contributed by atoms with E-state index in [9.17, 15) is 9.59 Å². The van der Waals surface area contributed by atoms with Crippen molar-refractivity contribution in [2.24, 2.45) is 4.99 Å². The van der Waals surface area contributed by atoms with Crippen LogP contribution < -0.4 is 10.9 Å². The third kappa shape index (κ3) is 1.87. The zero-order chi connectivity index (χ0) is 14.3. The Morgan fingerprint density at radius 1 is 1.35 bits per heavy atom. The Balaban J connectivity index is 1.91. The Kier molecular flexibility index (Phi) is 2.79. The highest BCUT2D eigenvalue weighted by Crippen LogP contribution is 2.29. The van der Waals surface area contributed by atoms with Crippen molar-refractivity contribution in [3.8, 4) is 0 Å². The summed E-state index contributed by atoms with van der Waals surface area (Å²) in [6.45, 7) is 4.00. The summed E-state index contributed by atoms with van der Waals surface area (Å²) in [5, 5.41) is 0. The fraction of sp³-hybridized carbons (Fsp3) is 0.267. The molecule has 1 unspecified atom stereocenters. The van der Waals surface area contributed by atoms with Crippen molar-refractivity contribution in [1.82, 2.24) is 10.9 Å². The van der Waals surface area contributed by atoms with E-state index in [4.69, 9.17) is 0 Å². The van der Waals surface area contributed by atoms with Crippen LogP contribution in [-0.2, 0) is 4.79 Å². The molecule has 2 aliphatic heterocycles. The molecule has 1 aromatic rings. The number of hydrazine groups is 1. The number of nitrogens with zero attached hydrogens (tertiary/aromatic N) is 1. The summed E-state index contributed by atoms with van der Waals surface area (Å²) in [5.74, 6) is -0.113. The molecule has 5 heteroatoms. The molecule has 1 amide bonds. The molecule has 0 aromatic heterocycles. The van der Waals surface area contributed by atoms with E-state index < -0.39 is 5.54 Å². The molecule has 0 spiro atoms. The van der Waals surface area contributed by atoms with Crippen LogP contribution in [0.15, 0.2) is 34.8 Å². The Morgan fingerprint density at radius 3 is 2.70 bits per heavy atom. The van der Waals surface area contributed by atoms with Crippen LogP contribution in [0.4, 0.5) is 0 Å². The number of benzene rings is 1. The van der Waals surface area contributed by atoms with Crippen molar-refractivity contribution >= 4 is 23.5 Å². The SMILES string of the molecule is CC(=O)c1ccc(/C=C2/CN=C3C(=O)NNC32C)cc1. The number of Topliss-reactive ketones (excluding diaryl/α,β-unsaturated/α-hetero) is 1. The van der Waals surface area contributed by atoms with Gasteiger partial charge in [-0.3, -0.25) is 20.0 Å². The Labute approximate surface area is 116 Å². The van der Waals surface area contributed by atoms with Crippen molar-refractivity contribution in [2.75, 3.05) is 6.54 Å². The predicted octanol–water partition coefficient (Wildman–Crippen LogP) is 1.12. The van der Waals surface area contributed by atoms with Gasteiger partial charge in [-0.1, -0.05) is 30.3 Å². The molecule has 1 saturated heterocycles. The fourth-order valence-electron chi connectivity index (χ4n) is 2.52. The van der Waals surface area contributed by atoms with Gasteiger partial charge in [0.05, 0.1) is 6.54 Å². The van der Waals surface area contributed by atoms with Gasteiger partial charge in [0.15, 0.2) is 5.78 Å². The molecular formula is C15H15N3O2. The van der Waals surface area contributed by atoms with Crippen molar-refractivity contribution in [3.63, 3.8) is 0 Å². The fourth-order valence-corrected chi connectivity index (χ4v) is 2.52. The van der Waals surface area contributed by atoms with Crippen LogP contribution in [0.1, 0.15) is 29.8 Å². The second-order valence-corrected chi connectivity index (χ2v) is 5.22. The topological polar surface area (TPSA) is 70.6 Å². The van der Waals surface area contributed by atoms with Gasteiger partial charge < -0.3 is 0 Å². The van der Waals surface area contributed by atoms with Gasteiger partial charge in [-0.25, -0.2) is 5.43 Å². The lowest BCUT2D eigenvalue weighted by molar-refractivity contribution is -0.114. The largest absolute Gasteiger partial charge is 0.295 e. The molecule has 0 bridgehead atoms. The van der Waals surface area contributed by atoms with Gasteiger partial charge in [0, 0.05) is 5.56 Å². The van der Waals surface area contributed by atoms with Crippen LogP contribution in [0.25, 0.3) is 6.08 Å². The highest BCUT2D eigenvalue weighted by atomic mass is 16.2. The van der Waals surface area contributed by atoms with E-state index in [1.54, 1.807) is 19.1 Å². The van der Waals surface area contributed by atoms with Crippen molar-refractivity contribution in [1.29, 1.82) is 0 Å². The zero-order valence-corrected chi connectivity index (χ0v) is 11.4. The maximum atomic E-state index is 11.6.